The van der Waals surface area contributed by atoms with Gasteiger partial charge in [-0.3, -0.25) is 0 Å². The molecule has 0 spiro atoms. The fourth-order valence-electron chi connectivity index (χ4n) is 2.27. The molecule has 9 heteroatoms. The lowest BCUT2D eigenvalue weighted by molar-refractivity contribution is -0.134. The summed E-state index contributed by atoms with van der Waals surface area (Å²) in [6.45, 7) is 1.02. The molecule has 1 aliphatic heterocycles. The van der Waals surface area contributed by atoms with Crippen LogP contribution in [0.5, 0.6) is 0 Å². The van der Waals surface area contributed by atoms with Crippen molar-refractivity contribution in [1.29, 1.82) is 0 Å². The van der Waals surface area contributed by atoms with Crippen LogP contribution in [0.2, 0.25) is 0 Å². The van der Waals surface area contributed by atoms with Crippen molar-refractivity contribution in [1.82, 2.24) is 4.72 Å². The second kappa shape index (κ2) is 4.18. The highest BCUT2D eigenvalue weighted by molar-refractivity contribution is 7.91. The van der Waals surface area contributed by atoms with Crippen LogP contribution in [-0.2, 0) is 20.9 Å². The average molecular weight is 313 g/mol. The summed E-state index contributed by atoms with van der Waals surface area (Å²) in [6.07, 6.45) is -4.51. The van der Waals surface area contributed by atoms with Crippen molar-refractivity contribution in [2.45, 2.75) is 16.4 Å². The number of ether oxygens (including phenoxy) is 1. The molecule has 106 valence electrons. The Balaban J connectivity index is 1.75. The van der Waals surface area contributed by atoms with Crippen LogP contribution in [0.25, 0.3) is 0 Å². The Labute approximate surface area is 111 Å². The normalized spacial score (nSPS) is 30.4. The Hall–Kier alpha value is -0.640. The Bertz CT molecular complexity index is 585. The molecule has 2 fully saturated rings. The third-order valence-electron chi connectivity index (χ3n) is 3.37. The van der Waals surface area contributed by atoms with Crippen LogP contribution in [0.1, 0.15) is 4.88 Å². The third-order valence-corrected chi connectivity index (χ3v) is 6.45. The molecular weight excluding hydrogens is 303 g/mol. The first-order chi connectivity index (χ1) is 8.79. The van der Waals surface area contributed by atoms with Crippen LogP contribution < -0.4 is 4.72 Å². The Morgan fingerprint density at radius 2 is 1.89 bits per heavy atom. The highest BCUT2D eigenvalue weighted by Crippen LogP contribution is 2.45. The fourth-order valence-corrected chi connectivity index (χ4v) is 4.80. The summed E-state index contributed by atoms with van der Waals surface area (Å²) >= 11 is 0.238. The second-order valence-electron chi connectivity index (χ2n) is 4.63. The minimum absolute atomic E-state index is 0.164. The molecule has 3 atom stereocenters. The monoisotopic (exact) mass is 313 g/mol. The van der Waals surface area contributed by atoms with E-state index in [-0.39, 0.29) is 33.4 Å². The lowest BCUT2D eigenvalue weighted by Gasteiger charge is -2.07. The van der Waals surface area contributed by atoms with Gasteiger partial charge in [-0.1, -0.05) is 0 Å². The van der Waals surface area contributed by atoms with Crippen LogP contribution >= 0.6 is 11.3 Å². The lowest BCUT2D eigenvalue weighted by atomic mass is 10.4. The quantitative estimate of drug-likeness (QED) is 0.924. The molecule has 0 amide bonds. The van der Waals surface area contributed by atoms with Gasteiger partial charge in [0.15, 0.2) is 0 Å². The molecule has 0 radical (unpaired) electrons. The van der Waals surface area contributed by atoms with E-state index in [1.165, 1.54) is 0 Å². The minimum atomic E-state index is -4.51. The van der Waals surface area contributed by atoms with Gasteiger partial charge in [0.25, 0.3) is 0 Å². The van der Waals surface area contributed by atoms with Gasteiger partial charge in [0.1, 0.15) is 9.09 Å². The van der Waals surface area contributed by atoms with Crippen molar-refractivity contribution in [3.8, 4) is 0 Å². The van der Waals surface area contributed by atoms with E-state index < -0.39 is 21.1 Å². The topological polar surface area (TPSA) is 55.4 Å². The van der Waals surface area contributed by atoms with Gasteiger partial charge in [0.2, 0.25) is 10.0 Å². The van der Waals surface area contributed by atoms with Crippen molar-refractivity contribution >= 4 is 21.4 Å². The van der Waals surface area contributed by atoms with E-state index in [4.69, 9.17) is 4.74 Å². The highest BCUT2D eigenvalue weighted by Gasteiger charge is 2.55. The number of thiophene rings is 1. The standard InChI is InChI=1S/C10H10F3NO3S2/c11-10(12,13)7-1-2-8(18-7)19(15,16)14-9-5-3-17-4-6(5)9/h1-2,5-6,9,14H,3-4H2/t5-,6+,9?. The maximum atomic E-state index is 12.4. The van der Waals surface area contributed by atoms with E-state index >= 15 is 0 Å². The number of alkyl halides is 3. The van der Waals surface area contributed by atoms with Gasteiger partial charge in [-0.15, -0.1) is 11.3 Å². The molecule has 1 aromatic rings. The molecule has 1 unspecified atom stereocenters. The van der Waals surface area contributed by atoms with Crippen LogP contribution in [0.3, 0.4) is 0 Å². The minimum Gasteiger partial charge on any atom is -0.381 e. The smallest absolute Gasteiger partial charge is 0.381 e. The highest BCUT2D eigenvalue weighted by atomic mass is 32.2. The summed E-state index contributed by atoms with van der Waals surface area (Å²) in [7, 11) is -3.87. The molecule has 1 aromatic heterocycles. The predicted molar refractivity (Wildman–Crippen MR) is 61.2 cm³/mol. The van der Waals surface area contributed by atoms with Crippen molar-refractivity contribution in [2.24, 2.45) is 11.8 Å². The summed E-state index contributed by atoms with van der Waals surface area (Å²) in [6, 6.07) is 1.58. The number of fused-ring (bicyclic) bond motifs is 1. The Morgan fingerprint density at radius 3 is 2.42 bits per heavy atom. The molecule has 0 bridgehead atoms. The maximum absolute atomic E-state index is 12.4. The number of hydrogen-bond acceptors (Lipinski definition) is 4. The molecule has 4 nitrogen and oxygen atoms in total. The Morgan fingerprint density at radius 1 is 1.26 bits per heavy atom. The van der Waals surface area contributed by atoms with E-state index in [0.717, 1.165) is 12.1 Å². The zero-order valence-electron chi connectivity index (χ0n) is 9.48. The zero-order valence-corrected chi connectivity index (χ0v) is 11.1. The summed E-state index contributed by atoms with van der Waals surface area (Å²) in [5.74, 6) is 0.327. The van der Waals surface area contributed by atoms with Gasteiger partial charge < -0.3 is 4.74 Å². The molecule has 1 aliphatic carbocycles. The SMILES string of the molecule is O=S(=O)(NC1[C@H]2COC[C@@H]12)c1ccc(C(F)(F)F)s1. The van der Waals surface area contributed by atoms with Crippen LogP contribution in [0.15, 0.2) is 16.3 Å². The van der Waals surface area contributed by atoms with Crippen LogP contribution in [-0.4, -0.2) is 27.7 Å². The van der Waals surface area contributed by atoms with Gasteiger partial charge in [0, 0.05) is 17.9 Å². The number of nitrogens with one attached hydrogen (secondary N) is 1. The molecule has 1 saturated carbocycles. The number of rotatable bonds is 3. The molecule has 19 heavy (non-hydrogen) atoms. The van der Waals surface area contributed by atoms with Crippen molar-refractivity contribution < 1.29 is 26.3 Å². The van der Waals surface area contributed by atoms with E-state index in [0.29, 0.717) is 13.2 Å². The summed E-state index contributed by atoms with van der Waals surface area (Å²) in [4.78, 5) is -0.910. The van der Waals surface area contributed by atoms with E-state index in [1.54, 1.807) is 0 Å². The van der Waals surface area contributed by atoms with E-state index in [2.05, 4.69) is 4.72 Å². The summed E-state index contributed by atoms with van der Waals surface area (Å²) in [5.41, 5.74) is 0. The summed E-state index contributed by atoms with van der Waals surface area (Å²) < 4.78 is 68.5. The first-order valence-electron chi connectivity index (χ1n) is 5.56. The van der Waals surface area contributed by atoms with Gasteiger partial charge in [-0.05, 0) is 12.1 Å². The summed E-state index contributed by atoms with van der Waals surface area (Å²) in [5, 5.41) is 0. The molecule has 2 aliphatic rings. The largest absolute Gasteiger partial charge is 0.425 e. The van der Waals surface area contributed by atoms with Crippen molar-refractivity contribution in [3.05, 3.63) is 17.0 Å². The van der Waals surface area contributed by atoms with Gasteiger partial charge in [0.05, 0.1) is 13.2 Å². The zero-order chi connectivity index (χ0) is 13.8. The van der Waals surface area contributed by atoms with Crippen molar-refractivity contribution in [3.63, 3.8) is 0 Å². The van der Waals surface area contributed by atoms with Crippen LogP contribution in [0, 0.1) is 11.8 Å². The molecule has 3 rings (SSSR count). The second-order valence-corrected chi connectivity index (χ2v) is 7.65. The fraction of sp³-hybridized carbons (Fsp3) is 0.600. The molecule has 1 saturated heterocycles. The lowest BCUT2D eigenvalue weighted by Crippen LogP contribution is -2.29. The van der Waals surface area contributed by atoms with Gasteiger partial charge >= 0.3 is 6.18 Å². The number of halogens is 3. The molecule has 0 aromatic carbocycles. The number of sulfonamides is 1. The van der Waals surface area contributed by atoms with Crippen molar-refractivity contribution in [2.75, 3.05) is 13.2 Å². The third kappa shape index (κ3) is 2.39. The molecule has 2 heterocycles. The van der Waals surface area contributed by atoms with E-state index in [1.807, 2.05) is 0 Å². The maximum Gasteiger partial charge on any atom is 0.425 e. The first-order valence-corrected chi connectivity index (χ1v) is 7.86. The van der Waals surface area contributed by atoms with Crippen LogP contribution in [0.4, 0.5) is 13.2 Å². The van der Waals surface area contributed by atoms with E-state index in [9.17, 15) is 21.6 Å². The van der Waals surface area contributed by atoms with Gasteiger partial charge in [-0.25, -0.2) is 13.1 Å². The molecule has 1 N–H and O–H groups in total. The Kier molecular flexibility index (Phi) is 2.93. The average Bonchev–Trinajstić information content (AvgIpc) is 2.83. The predicted octanol–water partition coefficient (Wildman–Crippen LogP) is 1.69. The number of hydrogen-bond donors (Lipinski definition) is 1. The van der Waals surface area contributed by atoms with Gasteiger partial charge in [-0.2, -0.15) is 13.2 Å². The first kappa shape index (κ1) is 13.3. The molecular formula is C10H10F3NO3S2.